The van der Waals surface area contributed by atoms with Crippen LogP contribution in [0.4, 0.5) is 34.1 Å². The molecule has 4 heteroatoms. The number of fused-ring (bicyclic) bond motifs is 8. The molecule has 0 amide bonds. The first-order valence-electron chi connectivity index (χ1n) is 19.0. The van der Waals surface area contributed by atoms with Crippen molar-refractivity contribution < 1.29 is 4.42 Å². The minimum absolute atomic E-state index is 0.880. The van der Waals surface area contributed by atoms with Gasteiger partial charge in [-0.3, -0.25) is 0 Å². The van der Waals surface area contributed by atoms with Crippen molar-refractivity contribution in [2.75, 3.05) is 9.80 Å². The number of nitrogens with zero attached hydrogens (tertiary/aromatic N) is 3. The summed E-state index contributed by atoms with van der Waals surface area (Å²) in [4.78, 5) is 4.67. The van der Waals surface area contributed by atoms with Gasteiger partial charge in [0, 0.05) is 61.4 Å². The lowest BCUT2D eigenvalue weighted by Crippen LogP contribution is -2.12. The molecule has 0 aliphatic rings. The third kappa shape index (κ3) is 5.23. The molecule has 2 heterocycles. The summed E-state index contributed by atoms with van der Waals surface area (Å²) in [5.74, 6) is 0. The third-order valence-electron chi connectivity index (χ3n) is 10.9. The minimum atomic E-state index is 0.880. The maximum absolute atomic E-state index is 6.38. The van der Waals surface area contributed by atoms with Crippen LogP contribution in [0.5, 0.6) is 0 Å². The van der Waals surface area contributed by atoms with Crippen molar-refractivity contribution in [2.24, 2.45) is 0 Å². The molecule has 0 spiro atoms. The number of anilines is 6. The zero-order chi connectivity index (χ0) is 37.0. The van der Waals surface area contributed by atoms with Crippen molar-refractivity contribution in [3.63, 3.8) is 0 Å². The summed E-state index contributed by atoms with van der Waals surface area (Å²) in [6, 6.07) is 75.6. The Morgan fingerprint density at radius 2 is 0.821 bits per heavy atom. The monoisotopic (exact) mass is 717 g/mol. The minimum Gasteiger partial charge on any atom is -0.456 e. The van der Waals surface area contributed by atoms with Crippen LogP contribution >= 0.6 is 0 Å². The maximum atomic E-state index is 6.38. The average molecular weight is 718 g/mol. The summed E-state index contributed by atoms with van der Waals surface area (Å²) in [5, 5.41) is 7.11. The zero-order valence-corrected chi connectivity index (χ0v) is 30.5. The van der Waals surface area contributed by atoms with Gasteiger partial charge in [-0.15, -0.1) is 0 Å². The highest BCUT2D eigenvalue weighted by Crippen LogP contribution is 2.43. The van der Waals surface area contributed by atoms with E-state index in [1.807, 2.05) is 0 Å². The second kappa shape index (κ2) is 13.1. The smallest absolute Gasteiger partial charge is 0.136 e. The molecule has 56 heavy (non-hydrogen) atoms. The summed E-state index contributed by atoms with van der Waals surface area (Å²) < 4.78 is 8.76. The van der Waals surface area contributed by atoms with Gasteiger partial charge in [0.25, 0.3) is 0 Å². The van der Waals surface area contributed by atoms with E-state index in [1.165, 1.54) is 27.1 Å². The number of benzene rings is 9. The van der Waals surface area contributed by atoms with Crippen LogP contribution in [0, 0.1) is 0 Å². The second-order valence-electron chi connectivity index (χ2n) is 14.2. The van der Waals surface area contributed by atoms with E-state index >= 15 is 0 Å². The van der Waals surface area contributed by atoms with Crippen molar-refractivity contribution >= 4 is 88.6 Å². The largest absolute Gasteiger partial charge is 0.456 e. The fourth-order valence-corrected chi connectivity index (χ4v) is 8.43. The molecule has 0 aliphatic heterocycles. The van der Waals surface area contributed by atoms with Crippen molar-refractivity contribution in [3.05, 3.63) is 212 Å². The standard InChI is InChI=1S/C52H35N3O/c1-4-15-37(16-5-1)53(42-30-33-50-47(34-42)52-44-21-11-10-14-36(44)24-32-51(52)56-50)40-25-27-41(28-26-40)54(38-17-6-2-7-18-38)43-29-31-46-45-22-12-13-23-48(45)55(49(46)35-43)39-19-8-3-9-20-39/h1-35H. The molecule has 0 bridgehead atoms. The first-order valence-corrected chi connectivity index (χ1v) is 19.0. The Labute approximate surface area is 324 Å². The lowest BCUT2D eigenvalue weighted by atomic mass is 10.0. The topological polar surface area (TPSA) is 24.6 Å². The summed E-state index contributed by atoms with van der Waals surface area (Å²) in [6.07, 6.45) is 0. The van der Waals surface area contributed by atoms with Gasteiger partial charge in [0.15, 0.2) is 0 Å². The van der Waals surface area contributed by atoms with Crippen molar-refractivity contribution in [2.45, 2.75) is 0 Å². The van der Waals surface area contributed by atoms with E-state index in [0.717, 1.165) is 67.3 Å². The highest BCUT2D eigenvalue weighted by Gasteiger charge is 2.20. The Morgan fingerprint density at radius 3 is 1.52 bits per heavy atom. The molecule has 9 aromatic carbocycles. The van der Waals surface area contributed by atoms with E-state index in [9.17, 15) is 0 Å². The number of aromatic nitrogens is 1. The molecular formula is C52H35N3O. The zero-order valence-electron chi connectivity index (χ0n) is 30.5. The fraction of sp³-hybridized carbons (Fsp3) is 0. The van der Waals surface area contributed by atoms with Gasteiger partial charge >= 0.3 is 0 Å². The summed E-state index contributed by atoms with van der Waals surface area (Å²) in [5.41, 5.74) is 11.7. The lowest BCUT2D eigenvalue weighted by Gasteiger charge is -2.28. The highest BCUT2D eigenvalue weighted by molar-refractivity contribution is 6.19. The predicted molar refractivity (Wildman–Crippen MR) is 235 cm³/mol. The Morgan fingerprint density at radius 1 is 0.321 bits per heavy atom. The van der Waals surface area contributed by atoms with Crippen LogP contribution in [0.25, 0.3) is 60.2 Å². The predicted octanol–water partition coefficient (Wildman–Crippen LogP) is 14.8. The molecule has 0 saturated carbocycles. The Balaban J connectivity index is 1.06. The molecule has 4 nitrogen and oxygen atoms in total. The Bertz CT molecular complexity index is 3180. The van der Waals surface area contributed by atoms with Crippen LogP contribution in [0.15, 0.2) is 217 Å². The van der Waals surface area contributed by atoms with E-state index in [0.29, 0.717) is 0 Å². The van der Waals surface area contributed by atoms with Crippen LogP contribution in [0.1, 0.15) is 0 Å². The molecule has 0 fully saturated rings. The molecule has 264 valence electrons. The lowest BCUT2D eigenvalue weighted by molar-refractivity contribution is 0.669. The molecular weight excluding hydrogens is 683 g/mol. The first-order chi connectivity index (χ1) is 27.8. The second-order valence-corrected chi connectivity index (χ2v) is 14.2. The van der Waals surface area contributed by atoms with Crippen LogP contribution in [0.3, 0.4) is 0 Å². The molecule has 0 N–H and O–H groups in total. The first kappa shape index (κ1) is 31.9. The van der Waals surface area contributed by atoms with E-state index in [-0.39, 0.29) is 0 Å². The molecule has 0 atom stereocenters. The summed E-state index contributed by atoms with van der Waals surface area (Å²) >= 11 is 0. The summed E-state index contributed by atoms with van der Waals surface area (Å²) in [7, 11) is 0. The molecule has 11 rings (SSSR count). The molecule has 0 unspecified atom stereocenters. The maximum Gasteiger partial charge on any atom is 0.136 e. The van der Waals surface area contributed by atoms with Crippen LogP contribution in [-0.4, -0.2) is 4.57 Å². The highest BCUT2D eigenvalue weighted by atomic mass is 16.3. The molecule has 0 radical (unpaired) electrons. The van der Waals surface area contributed by atoms with Crippen LogP contribution in [0.2, 0.25) is 0 Å². The van der Waals surface area contributed by atoms with Crippen LogP contribution < -0.4 is 9.80 Å². The Kier molecular flexibility index (Phi) is 7.46. The van der Waals surface area contributed by atoms with Crippen molar-refractivity contribution in [1.82, 2.24) is 4.57 Å². The van der Waals surface area contributed by atoms with Gasteiger partial charge in [-0.1, -0.05) is 109 Å². The van der Waals surface area contributed by atoms with E-state index in [1.54, 1.807) is 0 Å². The van der Waals surface area contributed by atoms with E-state index in [4.69, 9.17) is 4.42 Å². The number of rotatable bonds is 7. The molecule has 0 aliphatic carbocycles. The van der Waals surface area contributed by atoms with Crippen molar-refractivity contribution in [1.29, 1.82) is 0 Å². The number of furan rings is 1. The van der Waals surface area contributed by atoms with E-state index < -0.39 is 0 Å². The van der Waals surface area contributed by atoms with Gasteiger partial charge < -0.3 is 18.8 Å². The van der Waals surface area contributed by atoms with Gasteiger partial charge in [0.05, 0.1) is 11.0 Å². The van der Waals surface area contributed by atoms with Gasteiger partial charge in [-0.2, -0.15) is 0 Å². The van der Waals surface area contributed by atoms with Gasteiger partial charge in [-0.25, -0.2) is 0 Å². The van der Waals surface area contributed by atoms with Crippen LogP contribution in [-0.2, 0) is 0 Å². The molecule has 11 aromatic rings. The van der Waals surface area contributed by atoms with Gasteiger partial charge in [0.2, 0.25) is 0 Å². The normalized spacial score (nSPS) is 11.6. The Hall–Kier alpha value is -7.56. The number of hydrogen-bond donors (Lipinski definition) is 0. The fourth-order valence-electron chi connectivity index (χ4n) is 8.43. The quantitative estimate of drug-likeness (QED) is 0.164. The van der Waals surface area contributed by atoms with Crippen molar-refractivity contribution in [3.8, 4) is 5.69 Å². The average Bonchev–Trinajstić information content (AvgIpc) is 3.81. The number of hydrogen-bond acceptors (Lipinski definition) is 3. The molecule has 2 aromatic heterocycles. The third-order valence-corrected chi connectivity index (χ3v) is 10.9. The van der Waals surface area contributed by atoms with Gasteiger partial charge in [-0.05, 0) is 114 Å². The molecule has 0 saturated heterocycles. The summed E-state index contributed by atoms with van der Waals surface area (Å²) in [6.45, 7) is 0. The number of para-hydroxylation sites is 4. The van der Waals surface area contributed by atoms with Gasteiger partial charge in [0.1, 0.15) is 11.2 Å². The SMILES string of the molecule is c1ccc(N(c2ccc(N(c3ccccc3)c3ccc4c5ccccc5n(-c5ccccc5)c4c3)cc2)c2ccc3oc4ccc5ccccc5c4c3c2)cc1. The van der Waals surface area contributed by atoms with E-state index in [2.05, 4.69) is 227 Å².